The lowest BCUT2D eigenvalue weighted by Gasteiger charge is -2.18. The number of aromatic nitrogens is 4. The molecular weight excluding hydrogens is 352 g/mol. The number of nitrogens with zero attached hydrogens (tertiary/aromatic N) is 3. The highest BCUT2D eigenvalue weighted by Crippen LogP contribution is 2.25. The van der Waals surface area contributed by atoms with Gasteiger partial charge in [0.1, 0.15) is 5.65 Å². The lowest BCUT2D eigenvalue weighted by atomic mass is 10.1. The highest BCUT2D eigenvalue weighted by Gasteiger charge is 2.21. The van der Waals surface area contributed by atoms with Crippen LogP contribution in [0.4, 0.5) is 0 Å². The van der Waals surface area contributed by atoms with Gasteiger partial charge in [0, 0.05) is 24.0 Å². The lowest BCUT2D eigenvalue weighted by Crippen LogP contribution is -2.21. The second-order valence-corrected chi connectivity index (χ2v) is 6.26. The summed E-state index contributed by atoms with van der Waals surface area (Å²) in [4.78, 5) is 36.3. The third-order valence-electron chi connectivity index (χ3n) is 4.29. The minimum absolute atomic E-state index is 0.0102. The summed E-state index contributed by atoms with van der Waals surface area (Å²) in [6.07, 6.45) is 4.07. The van der Waals surface area contributed by atoms with Crippen LogP contribution in [0, 0.1) is 4.77 Å². The Bertz CT molecular complexity index is 1090. The van der Waals surface area contributed by atoms with E-state index >= 15 is 0 Å². The van der Waals surface area contributed by atoms with Gasteiger partial charge in [-0.25, -0.2) is 9.78 Å². The van der Waals surface area contributed by atoms with Gasteiger partial charge in [0.2, 0.25) is 0 Å². The van der Waals surface area contributed by atoms with Crippen molar-refractivity contribution in [1.29, 1.82) is 0 Å². The highest BCUT2D eigenvalue weighted by atomic mass is 32.1. The fourth-order valence-corrected chi connectivity index (χ4v) is 3.13. The Morgan fingerprint density at radius 1 is 1.46 bits per heavy atom. The summed E-state index contributed by atoms with van der Waals surface area (Å²) in [6.45, 7) is 3.99. The third kappa shape index (κ3) is 3.03. The SMILES string of the molecule is CC[C@H](C)n1c(=S)[nH]c(=O)c2c(C(=O)OC)cc(-c3cccnc3)nc21. The Morgan fingerprint density at radius 2 is 2.23 bits per heavy atom. The van der Waals surface area contributed by atoms with Gasteiger partial charge in [0.25, 0.3) is 5.56 Å². The highest BCUT2D eigenvalue weighted by molar-refractivity contribution is 7.71. The van der Waals surface area contributed by atoms with Crippen LogP contribution < -0.4 is 5.56 Å². The van der Waals surface area contributed by atoms with Gasteiger partial charge in [0.05, 0.1) is 23.8 Å². The normalized spacial score (nSPS) is 12.1. The van der Waals surface area contributed by atoms with Crippen LogP contribution in [-0.4, -0.2) is 32.6 Å². The molecule has 0 spiro atoms. The predicted octanol–water partition coefficient (Wildman–Crippen LogP) is 3.27. The summed E-state index contributed by atoms with van der Waals surface area (Å²) in [6, 6.07) is 5.14. The molecule has 3 aromatic rings. The Labute approximate surface area is 154 Å². The smallest absolute Gasteiger partial charge is 0.338 e. The van der Waals surface area contributed by atoms with E-state index in [0.717, 1.165) is 12.0 Å². The number of methoxy groups -OCH3 is 1. The van der Waals surface area contributed by atoms with Gasteiger partial charge in [0.15, 0.2) is 4.77 Å². The van der Waals surface area contributed by atoms with Gasteiger partial charge >= 0.3 is 5.97 Å². The quantitative estimate of drug-likeness (QED) is 0.560. The number of hydrogen-bond acceptors (Lipinski definition) is 6. The van der Waals surface area contributed by atoms with E-state index in [1.807, 2.05) is 19.9 Å². The van der Waals surface area contributed by atoms with Crippen molar-refractivity contribution in [2.75, 3.05) is 7.11 Å². The van der Waals surface area contributed by atoms with E-state index in [0.29, 0.717) is 11.3 Å². The Morgan fingerprint density at radius 3 is 2.85 bits per heavy atom. The summed E-state index contributed by atoms with van der Waals surface area (Å²) in [5, 5.41) is 0.165. The van der Waals surface area contributed by atoms with Crippen molar-refractivity contribution in [2.45, 2.75) is 26.3 Å². The third-order valence-corrected chi connectivity index (χ3v) is 4.59. The number of aromatic amines is 1. The average molecular weight is 370 g/mol. The van der Waals surface area contributed by atoms with Gasteiger partial charge in [-0.05, 0) is 43.8 Å². The first-order valence-corrected chi connectivity index (χ1v) is 8.57. The summed E-state index contributed by atoms with van der Waals surface area (Å²) < 4.78 is 6.91. The molecule has 0 saturated carbocycles. The van der Waals surface area contributed by atoms with Crippen molar-refractivity contribution in [3.05, 3.63) is 51.3 Å². The number of fused-ring (bicyclic) bond motifs is 1. The summed E-state index contributed by atoms with van der Waals surface area (Å²) >= 11 is 5.35. The van der Waals surface area contributed by atoms with Crippen molar-refractivity contribution in [1.82, 2.24) is 19.5 Å². The van der Waals surface area contributed by atoms with Crippen molar-refractivity contribution in [2.24, 2.45) is 0 Å². The molecule has 8 heteroatoms. The second kappa shape index (κ2) is 7.17. The van der Waals surface area contributed by atoms with Gasteiger partial charge < -0.3 is 4.74 Å². The molecule has 1 N–H and O–H groups in total. The number of rotatable bonds is 4. The molecule has 0 aliphatic rings. The van der Waals surface area contributed by atoms with Crippen LogP contribution in [0.5, 0.6) is 0 Å². The fraction of sp³-hybridized carbons (Fsp3) is 0.278. The van der Waals surface area contributed by atoms with E-state index in [-0.39, 0.29) is 21.8 Å². The topological polar surface area (TPSA) is 89.9 Å². The Hall–Kier alpha value is -2.87. The van der Waals surface area contributed by atoms with Crippen LogP contribution in [0.25, 0.3) is 22.3 Å². The summed E-state index contributed by atoms with van der Waals surface area (Å²) in [5.41, 5.74) is 1.28. The van der Waals surface area contributed by atoms with Crippen molar-refractivity contribution in [3.8, 4) is 11.3 Å². The summed E-state index contributed by atoms with van der Waals surface area (Å²) in [5.74, 6) is -0.610. The molecule has 7 nitrogen and oxygen atoms in total. The molecule has 134 valence electrons. The van der Waals surface area contributed by atoms with Crippen LogP contribution in [0.15, 0.2) is 35.4 Å². The molecule has 0 aromatic carbocycles. The number of hydrogen-bond donors (Lipinski definition) is 1. The van der Waals surface area contributed by atoms with Crippen LogP contribution >= 0.6 is 12.2 Å². The molecule has 3 aromatic heterocycles. The zero-order valence-electron chi connectivity index (χ0n) is 14.6. The number of esters is 1. The first-order chi connectivity index (χ1) is 12.5. The number of carbonyl (C=O) groups excluding carboxylic acids is 1. The molecule has 0 fully saturated rings. The maximum atomic E-state index is 12.6. The number of carbonyl (C=O) groups is 1. The molecule has 0 aliphatic heterocycles. The van der Waals surface area contributed by atoms with Gasteiger partial charge in [-0.1, -0.05) is 6.92 Å². The van der Waals surface area contributed by atoms with Crippen molar-refractivity contribution in [3.63, 3.8) is 0 Å². The van der Waals surface area contributed by atoms with Crippen LogP contribution in [-0.2, 0) is 4.74 Å². The van der Waals surface area contributed by atoms with Gasteiger partial charge in [-0.3, -0.25) is 19.3 Å². The van der Waals surface area contributed by atoms with Crippen molar-refractivity contribution >= 4 is 29.2 Å². The monoisotopic (exact) mass is 370 g/mol. The molecule has 0 unspecified atom stereocenters. The Balaban J connectivity index is 2.50. The van der Waals surface area contributed by atoms with E-state index in [1.165, 1.54) is 7.11 Å². The first-order valence-electron chi connectivity index (χ1n) is 8.16. The first kappa shape index (κ1) is 17.9. The van der Waals surface area contributed by atoms with E-state index in [2.05, 4.69) is 15.0 Å². The van der Waals surface area contributed by atoms with E-state index in [4.69, 9.17) is 17.0 Å². The minimum Gasteiger partial charge on any atom is -0.465 e. The van der Waals surface area contributed by atoms with Crippen LogP contribution in [0.1, 0.15) is 36.7 Å². The minimum atomic E-state index is -0.610. The molecule has 0 saturated heterocycles. The molecule has 3 heterocycles. The number of nitrogens with one attached hydrogen (secondary N) is 1. The predicted molar refractivity (Wildman–Crippen MR) is 101 cm³/mol. The Kier molecular flexibility index (Phi) is 4.94. The largest absolute Gasteiger partial charge is 0.465 e. The van der Waals surface area contributed by atoms with Gasteiger partial charge in [-0.15, -0.1) is 0 Å². The maximum Gasteiger partial charge on any atom is 0.338 e. The average Bonchev–Trinajstić information content (AvgIpc) is 2.66. The molecule has 0 radical (unpaired) electrons. The standard InChI is InChI=1S/C18H18N4O3S/c1-4-10(2)22-15-14(16(23)21-18(22)26)12(17(24)25-3)8-13(20-15)11-6-5-7-19-9-11/h5-10H,4H2,1-3H3,(H,21,23,26)/t10-/m0/s1. The number of pyridine rings is 2. The molecule has 0 aliphatic carbocycles. The zero-order valence-corrected chi connectivity index (χ0v) is 15.5. The fourth-order valence-electron chi connectivity index (χ4n) is 2.77. The number of ether oxygens (including phenoxy) is 1. The van der Waals surface area contributed by atoms with E-state index < -0.39 is 11.5 Å². The molecule has 26 heavy (non-hydrogen) atoms. The molecule has 0 amide bonds. The lowest BCUT2D eigenvalue weighted by molar-refractivity contribution is 0.0603. The summed E-state index contributed by atoms with van der Waals surface area (Å²) in [7, 11) is 1.27. The molecule has 0 bridgehead atoms. The van der Waals surface area contributed by atoms with Crippen LogP contribution in [0.3, 0.4) is 0 Å². The van der Waals surface area contributed by atoms with Gasteiger partial charge in [-0.2, -0.15) is 0 Å². The van der Waals surface area contributed by atoms with E-state index in [1.54, 1.807) is 29.1 Å². The molecular formula is C18H18N4O3S. The van der Waals surface area contributed by atoms with Crippen molar-refractivity contribution < 1.29 is 9.53 Å². The molecule has 3 rings (SSSR count). The second-order valence-electron chi connectivity index (χ2n) is 5.87. The molecule has 1 atom stereocenters. The van der Waals surface area contributed by atoms with Crippen LogP contribution in [0.2, 0.25) is 0 Å². The van der Waals surface area contributed by atoms with E-state index in [9.17, 15) is 9.59 Å². The zero-order chi connectivity index (χ0) is 18.8. The number of H-pyrrole nitrogens is 1. The maximum absolute atomic E-state index is 12.6.